The van der Waals surface area contributed by atoms with Gasteiger partial charge in [0.25, 0.3) is 15.9 Å². The fourth-order valence-electron chi connectivity index (χ4n) is 2.10. The van der Waals surface area contributed by atoms with Crippen LogP contribution in [-0.4, -0.2) is 52.4 Å². The second-order valence-electron chi connectivity index (χ2n) is 5.83. The van der Waals surface area contributed by atoms with E-state index in [-0.39, 0.29) is 39.5 Å². The van der Waals surface area contributed by atoms with Crippen LogP contribution in [0.15, 0.2) is 33.8 Å². The number of carbonyl (C=O) groups is 2. The van der Waals surface area contributed by atoms with Gasteiger partial charge in [-0.1, -0.05) is 11.6 Å². The summed E-state index contributed by atoms with van der Waals surface area (Å²) < 4.78 is 45.6. The summed E-state index contributed by atoms with van der Waals surface area (Å²) in [6.45, 7) is -0.724. The molecule has 0 bridgehead atoms. The first kappa shape index (κ1) is 22.5. The maximum Gasteiger partial charge on any atom is 0.338 e. The van der Waals surface area contributed by atoms with Crippen LogP contribution in [0.5, 0.6) is 11.5 Å². The highest BCUT2D eigenvalue weighted by molar-refractivity contribution is 7.88. The van der Waals surface area contributed by atoms with Gasteiger partial charge in [-0.3, -0.25) is 4.79 Å². The normalized spacial score (nSPS) is 11.3. The number of esters is 1. The van der Waals surface area contributed by atoms with Gasteiger partial charge in [0.1, 0.15) is 12.4 Å². The van der Waals surface area contributed by atoms with Crippen LogP contribution in [-0.2, 0) is 26.2 Å². The summed E-state index contributed by atoms with van der Waals surface area (Å²) in [5, 5.41) is -0.260. The highest BCUT2D eigenvalue weighted by Gasteiger charge is 2.22. The predicted molar refractivity (Wildman–Crippen MR) is 101 cm³/mol. The Bertz CT molecular complexity index is 1020. The van der Waals surface area contributed by atoms with Gasteiger partial charge < -0.3 is 24.4 Å². The summed E-state index contributed by atoms with van der Waals surface area (Å²) in [5.74, 6) is -1.18. The summed E-state index contributed by atoms with van der Waals surface area (Å²) >= 11 is 6.09. The number of sulfonamides is 1. The summed E-state index contributed by atoms with van der Waals surface area (Å²) in [5.41, 5.74) is 5.08. The predicted octanol–water partition coefficient (Wildman–Crippen LogP) is 1.41. The van der Waals surface area contributed by atoms with Crippen molar-refractivity contribution in [1.29, 1.82) is 0 Å². The lowest BCUT2D eigenvalue weighted by Gasteiger charge is -2.13. The number of rotatable bonds is 9. The van der Waals surface area contributed by atoms with Crippen molar-refractivity contribution in [2.24, 2.45) is 5.73 Å². The number of primary amides is 1. The van der Waals surface area contributed by atoms with E-state index in [1.54, 1.807) is 0 Å². The second kappa shape index (κ2) is 9.16. The van der Waals surface area contributed by atoms with Crippen molar-refractivity contribution in [1.82, 2.24) is 4.31 Å². The molecule has 0 radical (unpaired) electrons. The van der Waals surface area contributed by atoms with Gasteiger partial charge in [-0.05, 0) is 24.3 Å². The third-order valence-electron chi connectivity index (χ3n) is 3.54. The highest BCUT2D eigenvalue weighted by Crippen LogP contribution is 2.36. The monoisotopic (exact) mass is 446 g/mol. The van der Waals surface area contributed by atoms with Crippen LogP contribution in [0.25, 0.3) is 0 Å². The minimum atomic E-state index is -3.73. The fraction of sp³-hybridized carbons (Fsp3) is 0.294. The summed E-state index contributed by atoms with van der Waals surface area (Å²) in [4.78, 5) is 23.2. The maximum atomic E-state index is 12.3. The van der Waals surface area contributed by atoms with Crippen molar-refractivity contribution in [3.8, 4) is 11.5 Å². The molecule has 1 heterocycles. The molecule has 158 valence electrons. The van der Waals surface area contributed by atoms with Gasteiger partial charge in [0.15, 0.2) is 18.1 Å². The number of hydrogen-bond donors (Lipinski definition) is 1. The molecule has 0 spiro atoms. The zero-order valence-electron chi connectivity index (χ0n) is 15.8. The van der Waals surface area contributed by atoms with Gasteiger partial charge in [0.2, 0.25) is 5.09 Å². The molecule has 1 amide bonds. The minimum absolute atomic E-state index is 0.00918. The van der Waals surface area contributed by atoms with E-state index in [0.29, 0.717) is 0 Å². The van der Waals surface area contributed by atoms with Crippen LogP contribution in [0.2, 0.25) is 5.02 Å². The second-order valence-corrected chi connectivity index (χ2v) is 8.32. The van der Waals surface area contributed by atoms with Crippen molar-refractivity contribution in [3.05, 3.63) is 40.6 Å². The number of hydrogen-bond acceptors (Lipinski definition) is 8. The smallest absolute Gasteiger partial charge is 0.338 e. The standard InChI is InChI=1S/C17H19ClN2O8S/c1-20(2)29(23,24)15-5-4-11(28-15)8-27-17(22)10-6-12(18)16(13(7-10)25-3)26-9-14(19)21/h4-7H,8-9H2,1-3H3,(H2,19,21). The van der Waals surface area contributed by atoms with Gasteiger partial charge in [0, 0.05) is 14.1 Å². The van der Waals surface area contributed by atoms with E-state index >= 15 is 0 Å². The van der Waals surface area contributed by atoms with Gasteiger partial charge in [-0.25, -0.2) is 17.5 Å². The van der Waals surface area contributed by atoms with E-state index in [1.165, 1.54) is 45.5 Å². The Morgan fingerprint density at radius 2 is 1.93 bits per heavy atom. The first-order chi connectivity index (χ1) is 13.6. The minimum Gasteiger partial charge on any atom is -0.493 e. The van der Waals surface area contributed by atoms with Gasteiger partial charge in [-0.15, -0.1) is 0 Å². The molecule has 12 heteroatoms. The number of methoxy groups -OCH3 is 1. The number of amides is 1. The number of ether oxygens (including phenoxy) is 3. The van der Waals surface area contributed by atoms with E-state index in [2.05, 4.69) is 0 Å². The molecule has 0 saturated carbocycles. The highest BCUT2D eigenvalue weighted by atomic mass is 35.5. The molecule has 0 aliphatic carbocycles. The summed E-state index contributed by atoms with van der Waals surface area (Å²) in [6, 6.07) is 5.24. The summed E-state index contributed by atoms with van der Waals surface area (Å²) in [6.07, 6.45) is 0. The molecule has 29 heavy (non-hydrogen) atoms. The fourth-order valence-corrected chi connectivity index (χ4v) is 3.17. The van der Waals surface area contributed by atoms with E-state index < -0.39 is 28.5 Å². The Kier molecular flexibility index (Phi) is 7.11. The third kappa shape index (κ3) is 5.40. The maximum absolute atomic E-state index is 12.3. The van der Waals surface area contributed by atoms with Gasteiger partial charge in [0.05, 0.1) is 17.7 Å². The Labute approximate surface area is 172 Å². The average molecular weight is 447 g/mol. The van der Waals surface area contributed by atoms with Crippen molar-refractivity contribution in [3.63, 3.8) is 0 Å². The molecule has 0 aliphatic heterocycles. The lowest BCUT2D eigenvalue weighted by molar-refractivity contribution is -0.119. The topological polar surface area (TPSA) is 138 Å². The van der Waals surface area contributed by atoms with Gasteiger partial charge in [-0.2, -0.15) is 0 Å². The van der Waals surface area contributed by atoms with E-state index in [1.807, 2.05) is 0 Å². The molecule has 1 aromatic heterocycles. The first-order valence-electron chi connectivity index (χ1n) is 8.03. The average Bonchev–Trinajstić information content (AvgIpc) is 3.14. The molecule has 0 fully saturated rings. The van der Waals surface area contributed by atoms with Crippen molar-refractivity contribution >= 4 is 33.5 Å². The van der Waals surface area contributed by atoms with Crippen LogP contribution >= 0.6 is 11.6 Å². The van der Waals surface area contributed by atoms with E-state index in [4.69, 9.17) is 36.0 Å². The number of benzene rings is 1. The number of carbonyl (C=O) groups excluding carboxylic acids is 2. The summed E-state index contributed by atoms with van der Waals surface area (Å²) in [7, 11) is 0.328. The van der Waals surface area contributed by atoms with Crippen LogP contribution in [0, 0.1) is 0 Å². The van der Waals surface area contributed by atoms with Crippen LogP contribution in [0.4, 0.5) is 0 Å². The SMILES string of the molecule is COc1cc(C(=O)OCc2ccc(S(=O)(=O)N(C)C)o2)cc(Cl)c1OCC(N)=O. The Hall–Kier alpha value is -2.76. The Morgan fingerprint density at radius 1 is 1.24 bits per heavy atom. The molecule has 0 aliphatic rings. The Balaban J connectivity index is 2.12. The number of halogens is 1. The van der Waals surface area contributed by atoms with E-state index in [0.717, 1.165) is 4.31 Å². The number of nitrogens with zero attached hydrogens (tertiary/aromatic N) is 1. The van der Waals surface area contributed by atoms with Crippen LogP contribution in [0.1, 0.15) is 16.1 Å². The molecule has 2 aromatic rings. The van der Waals surface area contributed by atoms with Crippen molar-refractivity contribution in [2.75, 3.05) is 27.8 Å². The molecular weight excluding hydrogens is 428 g/mol. The third-order valence-corrected chi connectivity index (χ3v) is 5.51. The lowest BCUT2D eigenvalue weighted by Crippen LogP contribution is -2.21. The molecule has 1 aromatic carbocycles. The quantitative estimate of drug-likeness (QED) is 0.570. The first-order valence-corrected chi connectivity index (χ1v) is 9.85. The lowest BCUT2D eigenvalue weighted by atomic mass is 10.2. The number of nitrogens with two attached hydrogens (primary N) is 1. The zero-order chi connectivity index (χ0) is 21.8. The van der Waals surface area contributed by atoms with Crippen molar-refractivity contribution in [2.45, 2.75) is 11.7 Å². The molecule has 0 saturated heterocycles. The van der Waals surface area contributed by atoms with Crippen molar-refractivity contribution < 1.29 is 36.6 Å². The van der Waals surface area contributed by atoms with Gasteiger partial charge >= 0.3 is 5.97 Å². The number of furan rings is 1. The van der Waals surface area contributed by atoms with E-state index in [9.17, 15) is 18.0 Å². The molecular formula is C17H19ClN2O8S. The molecule has 2 rings (SSSR count). The molecule has 0 unspecified atom stereocenters. The van der Waals surface area contributed by atoms with Crippen LogP contribution < -0.4 is 15.2 Å². The van der Waals surface area contributed by atoms with Crippen LogP contribution in [0.3, 0.4) is 0 Å². The molecule has 0 atom stereocenters. The molecule has 2 N–H and O–H groups in total. The zero-order valence-corrected chi connectivity index (χ0v) is 17.4. The Morgan fingerprint density at radius 3 is 2.52 bits per heavy atom. The largest absolute Gasteiger partial charge is 0.493 e. The molecule has 10 nitrogen and oxygen atoms in total.